The van der Waals surface area contributed by atoms with Crippen molar-refractivity contribution >= 4 is 33.0 Å². The van der Waals surface area contributed by atoms with Crippen molar-refractivity contribution in [3.8, 4) is 5.75 Å². The van der Waals surface area contributed by atoms with E-state index in [1.54, 1.807) is 0 Å². The fourth-order valence-corrected chi connectivity index (χ4v) is 5.91. The van der Waals surface area contributed by atoms with Crippen molar-refractivity contribution in [2.45, 2.75) is 30.0 Å². The molecule has 5 nitrogen and oxygen atoms in total. The molecule has 0 N–H and O–H groups in total. The van der Waals surface area contributed by atoms with Crippen LogP contribution in [0.15, 0.2) is 41.3 Å². The Balaban J connectivity index is 1.88. The van der Waals surface area contributed by atoms with Crippen LogP contribution in [-0.2, 0) is 16.2 Å². The molecule has 0 aromatic heterocycles. The smallest absolute Gasteiger partial charge is 0.416 e. The minimum Gasteiger partial charge on any atom is -0.495 e. The zero-order valence-corrected chi connectivity index (χ0v) is 17.0. The van der Waals surface area contributed by atoms with Crippen LogP contribution >= 0.6 is 11.6 Å². The van der Waals surface area contributed by atoms with E-state index in [1.807, 2.05) is 4.90 Å². The molecule has 0 amide bonds. The maximum atomic E-state index is 13.5. The van der Waals surface area contributed by atoms with E-state index < -0.39 is 21.8 Å². The molecule has 2 aromatic rings. The third kappa shape index (κ3) is 3.40. The first-order chi connectivity index (χ1) is 13.6. The fraction of sp³-hybridized carbons (Fsp3) is 0.368. The number of hydrogen-bond donors (Lipinski definition) is 0. The average Bonchev–Trinajstić information content (AvgIpc) is 3.15. The molecule has 2 aromatic carbocycles. The van der Waals surface area contributed by atoms with Crippen molar-refractivity contribution in [2.75, 3.05) is 29.4 Å². The Kier molecular flexibility index (Phi) is 4.85. The van der Waals surface area contributed by atoms with Gasteiger partial charge in [0.05, 0.1) is 30.6 Å². The van der Waals surface area contributed by atoms with Crippen molar-refractivity contribution in [3.63, 3.8) is 0 Å². The zero-order valence-electron chi connectivity index (χ0n) is 15.4. The summed E-state index contributed by atoms with van der Waals surface area (Å²) in [6, 6.07) is 7.23. The van der Waals surface area contributed by atoms with Gasteiger partial charge in [-0.3, -0.25) is 4.31 Å². The second-order valence-corrected chi connectivity index (χ2v) is 9.29. The predicted octanol–water partition coefficient (Wildman–Crippen LogP) is 4.55. The summed E-state index contributed by atoms with van der Waals surface area (Å²) in [5, 5.41) is 0.219. The standard InChI is InChI=1S/C19H18ClF3N2O3S/c1-28-17-7-5-13(20)10-18(17)29(26,27)25-11-14-3-2-8-24(14)16-9-12(19(21,22)23)4-6-15(16)25/h4-7,9-10,14H,2-3,8,11H2,1H3/t14-/m1/s1. The van der Waals surface area contributed by atoms with E-state index in [4.69, 9.17) is 16.3 Å². The number of alkyl halides is 3. The Morgan fingerprint density at radius 1 is 1.14 bits per heavy atom. The number of sulfonamides is 1. The average molecular weight is 447 g/mol. The van der Waals surface area contributed by atoms with Crippen LogP contribution in [0.5, 0.6) is 5.75 Å². The van der Waals surface area contributed by atoms with Crippen molar-refractivity contribution in [3.05, 3.63) is 47.0 Å². The summed E-state index contributed by atoms with van der Waals surface area (Å²) in [6.45, 7) is 0.740. The van der Waals surface area contributed by atoms with Crippen molar-refractivity contribution in [2.24, 2.45) is 0 Å². The van der Waals surface area contributed by atoms with Crippen LogP contribution < -0.4 is 13.9 Å². The van der Waals surface area contributed by atoms with Gasteiger partial charge in [0, 0.05) is 17.6 Å². The third-order valence-corrected chi connectivity index (χ3v) is 7.36. The number of anilines is 2. The van der Waals surface area contributed by atoms with Crippen LogP contribution in [0.25, 0.3) is 0 Å². The number of ether oxygens (including phenoxy) is 1. The Labute approximate surface area is 171 Å². The van der Waals surface area contributed by atoms with Crippen LogP contribution in [-0.4, -0.2) is 34.7 Å². The predicted molar refractivity (Wildman–Crippen MR) is 104 cm³/mol. The maximum absolute atomic E-state index is 13.5. The lowest BCUT2D eigenvalue weighted by molar-refractivity contribution is -0.137. The van der Waals surface area contributed by atoms with Gasteiger partial charge in [-0.05, 0) is 49.2 Å². The quantitative estimate of drug-likeness (QED) is 0.694. The Bertz CT molecular complexity index is 1060. The summed E-state index contributed by atoms with van der Waals surface area (Å²) < 4.78 is 73.1. The van der Waals surface area contributed by atoms with Gasteiger partial charge in [-0.25, -0.2) is 8.42 Å². The molecule has 29 heavy (non-hydrogen) atoms. The van der Waals surface area contributed by atoms with Gasteiger partial charge in [-0.1, -0.05) is 11.6 Å². The van der Waals surface area contributed by atoms with Crippen LogP contribution in [0.4, 0.5) is 24.5 Å². The molecular formula is C19H18ClF3N2O3S. The molecule has 2 aliphatic rings. The van der Waals surface area contributed by atoms with E-state index in [2.05, 4.69) is 0 Å². The number of halogens is 4. The molecule has 2 aliphatic heterocycles. The SMILES string of the molecule is COc1ccc(Cl)cc1S(=O)(=O)N1C[C@H]2CCCN2c2cc(C(F)(F)F)ccc21. The largest absolute Gasteiger partial charge is 0.495 e. The highest BCUT2D eigenvalue weighted by atomic mass is 35.5. The van der Waals surface area contributed by atoms with Crippen LogP contribution in [0.2, 0.25) is 5.02 Å². The highest BCUT2D eigenvalue weighted by Crippen LogP contribution is 2.45. The van der Waals surface area contributed by atoms with Crippen LogP contribution in [0, 0.1) is 0 Å². The van der Waals surface area contributed by atoms with E-state index in [0.717, 1.165) is 18.6 Å². The number of hydrogen-bond acceptors (Lipinski definition) is 4. The van der Waals surface area contributed by atoms with Gasteiger partial charge in [0.2, 0.25) is 0 Å². The summed E-state index contributed by atoms with van der Waals surface area (Å²) in [4.78, 5) is 1.75. The maximum Gasteiger partial charge on any atom is 0.416 e. The normalized spacial score (nSPS) is 19.1. The molecule has 10 heteroatoms. The van der Waals surface area contributed by atoms with Gasteiger partial charge in [0.1, 0.15) is 10.6 Å². The Morgan fingerprint density at radius 2 is 1.90 bits per heavy atom. The first kappa shape index (κ1) is 20.2. The van der Waals surface area contributed by atoms with Gasteiger partial charge in [-0.2, -0.15) is 13.2 Å². The molecule has 0 radical (unpaired) electrons. The summed E-state index contributed by atoms with van der Waals surface area (Å²) in [5.41, 5.74) is -0.308. The molecule has 1 fully saturated rings. The molecule has 0 saturated carbocycles. The molecule has 2 heterocycles. The molecule has 0 spiro atoms. The van der Waals surface area contributed by atoms with Crippen molar-refractivity contribution < 1.29 is 26.3 Å². The van der Waals surface area contributed by atoms with Crippen LogP contribution in [0.1, 0.15) is 18.4 Å². The highest BCUT2D eigenvalue weighted by Gasteiger charge is 2.42. The molecule has 1 atom stereocenters. The lowest BCUT2D eigenvalue weighted by Gasteiger charge is -2.41. The third-order valence-electron chi connectivity index (χ3n) is 5.33. The van der Waals surface area contributed by atoms with Gasteiger partial charge >= 0.3 is 6.18 Å². The summed E-state index contributed by atoms with van der Waals surface area (Å²) in [7, 11) is -2.76. The first-order valence-electron chi connectivity index (χ1n) is 8.97. The van der Waals surface area contributed by atoms with E-state index >= 15 is 0 Å². The van der Waals surface area contributed by atoms with Gasteiger partial charge in [0.25, 0.3) is 10.0 Å². The molecule has 1 saturated heterocycles. The molecule has 0 aliphatic carbocycles. The summed E-state index contributed by atoms with van der Waals surface area (Å²) >= 11 is 6.01. The summed E-state index contributed by atoms with van der Waals surface area (Å²) in [5.74, 6) is 0.122. The van der Waals surface area contributed by atoms with Gasteiger partial charge in [-0.15, -0.1) is 0 Å². The lowest BCUT2D eigenvalue weighted by atomic mass is 10.1. The van der Waals surface area contributed by atoms with E-state index in [1.165, 1.54) is 35.7 Å². The second-order valence-electron chi connectivity index (χ2n) is 7.02. The second kappa shape index (κ2) is 6.98. The van der Waals surface area contributed by atoms with E-state index in [9.17, 15) is 21.6 Å². The number of benzene rings is 2. The molecule has 0 bridgehead atoms. The number of fused-ring (bicyclic) bond motifs is 3. The highest BCUT2D eigenvalue weighted by molar-refractivity contribution is 7.93. The number of rotatable bonds is 3. The van der Waals surface area contributed by atoms with Gasteiger partial charge in [0.15, 0.2) is 0 Å². The Hall–Kier alpha value is -2.13. The van der Waals surface area contributed by atoms with Crippen molar-refractivity contribution in [1.82, 2.24) is 0 Å². The van der Waals surface area contributed by atoms with E-state index in [-0.39, 0.29) is 39.6 Å². The monoisotopic (exact) mass is 446 g/mol. The summed E-state index contributed by atoms with van der Waals surface area (Å²) in [6.07, 6.45) is -3.02. The van der Waals surface area contributed by atoms with Crippen LogP contribution in [0.3, 0.4) is 0 Å². The molecular weight excluding hydrogens is 429 g/mol. The zero-order chi connectivity index (χ0) is 21.0. The molecule has 156 valence electrons. The first-order valence-corrected chi connectivity index (χ1v) is 10.8. The number of nitrogens with zero attached hydrogens (tertiary/aromatic N) is 2. The molecule has 4 rings (SSSR count). The number of methoxy groups -OCH3 is 1. The van der Waals surface area contributed by atoms with Gasteiger partial charge < -0.3 is 9.64 Å². The van der Waals surface area contributed by atoms with E-state index in [0.29, 0.717) is 13.0 Å². The minimum absolute atomic E-state index is 0.121. The lowest BCUT2D eigenvalue weighted by Crippen LogP contribution is -2.48. The topological polar surface area (TPSA) is 49.9 Å². The van der Waals surface area contributed by atoms with Crippen molar-refractivity contribution in [1.29, 1.82) is 0 Å². The minimum atomic E-state index is -4.51. The fourth-order valence-electron chi connectivity index (χ4n) is 3.97. The Morgan fingerprint density at radius 3 is 2.59 bits per heavy atom. The molecule has 0 unspecified atom stereocenters.